The van der Waals surface area contributed by atoms with Gasteiger partial charge in [0.2, 0.25) is 21.8 Å². The van der Waals surface area contributed by atoms with Crippen molar-refractivity contribution in [3.05, 3.63) is 12.7 Å². The standard InChI is InChI=1S/C31H57N7O7S/c1-7-18-33-29(41)27(39)23-15-13-11-9-8-10-12-14-16-24(35-31(43)36-25(32-4)20-37(5)46(6,44)45)30(42)38-19-17-22(21(2)3)26(38)28(40)34-23/h7,21-27,32,39H,1,8-20H2,2-6H3,(H,33,41)(H,34,40)(H2,35,36,43)/t22?,23-,24-,25+,26-,27?/m0/s1. The van der Waals surface area contributed by atoms with Crippen molar-refractivity contribution in [3.63, 3.8) is 0 Å². The highest BCUT2D eigenvalue weighted by molar-refractivity contribution is 7.88. The number of carbonyl (C=O) groups is 4. The zero-order valence-electron chi connectivity index (χ0n) is 28.2. The number of rotatable bonds is 11. The van der Waals surface area contributed by atoms with Crippen LogP contribution in [0.1, 0.15) is 78.1 Å². The fraction of sp³-hybridized carbons (Fsp3) is 0.806. The van der Waals surface area contributed by atoms with Crippen molar-refractivity contribution in [2.45, 2.75) is 108 Å². The predicted molar refractivity (Wildman–Crippen MR) is 177 cm³/mol. The Bertz CT molecular complexity index is 1140. The number of nitrogens with zero attached hydrogens (tertiary/aromatic N) is 2. The van der Waals surface area contributed by atoms with Crippen LogP contribution in [0.3, 0.4) is 0 Å². The first-order chi connectivity index (χ1) is 21.7. The molecule has 2 rings (SSSR count). The fourth-order valence-electron chi connectivity index (χ4n) is 6.15. The number of aliphatic hydroxyl groups excluding tert-OH is 1. The smallest absolute Gasteiger partial charge is 0.316 e. The number of hydrogen-bond donors (Lipinski definition) is 6. The summed E-state index contributed by atoms with van der Waals surface area (Å²) in [6, 6.07) is -3.22. The van der Waals surface area contributed by atoms with Crippen LogP contribution >= 0.6 is 0 Å². The number of nitrogens with one attached hydrogen (secondary N) is 5. The first-order valence-electron chi connectivity index (χ1n) is 16.5. The quantitative estimate of drug-likeness (QED) is 0.136. The Morgan fingerprint density at radius 2 is 1.70 bits per heavy atom. The van der Waals surface area contributed by atoms with Crippen LogP contribution in [0, 0.1) is 11.8 Å². The minimum absolute atomic E-state index is 0.0234. The molecule has 0 aromatic rings. The second-order valence-corrected chi connectivity index (χ2v) is 15.0. The summed E-state index contributed by atoms with van der Waals surface area (Å²) < 4.78 is 24.9. The van der Waals surface area contributed by atoms with Crippen LogP contribution in [-0.4, -0.2) is 117 Å². The van der Waals surface area contributed by atoms with Gasteiger partial charge in [-0.3, -0.25) is 19.7 Å². The number of hydrogen-bond acceptors (Lipinski definition) is 8. The van der Waals surface area contributed by atoms with Crippen molar-refractivity contribution >= 4 is 33.8 Å². The van der Waals surface area contributed by atoms with Crippen molar-refractivity contribution < 1.29 is 32.7 Å². The molecule has 5 amide bonds. The van der Waals surface area contributed by atoms with E-state index in [4.69, 9.17) is 0 Å². The minimum atomic E-state index is -3.48. The Balaban J connectivity index is 2.34. The fourth-order valence-corrected chi connectivity index (χ4v) is 6.57. The Labute approximate surface area is 274 Å². The lowest BCUT2D eigenvalue weighted by atomic mass is 9.87. The molecule has 14 nitrogen and oxygen atoms in total. The third kappa shape index (κ3) is 12.1. The van der Waals surface area contributed by atoms with E-state index in [9.17, 15) is 32.7 Å². The van der Waals surface area contributed by atoms with Crippen LogP contribution in [0.15, 0.2) is 12.7 Å². The number of amides is 5. The molecule has 15 heteroatoms. The molecule has 2 aliphatic rings. The van der Waals surface area contributed by atoms with Gasteiger partial charge in [0, 0.05) is 26.7 Å². The summed E-state index contributed by atoms with van der Waals surface area (Å²) in [7, 11) is -0.481. The van der Waals surface area contributed by atoms with Crippen molar-refractivity contribution in [3.8, 4) is 0 Å². The molecule has 46 heavy (non-hydrogen) atoms. The van der Waals surface area contributed by atoms with Gasteiger partial charge in [-0.05, 0) is 38.1 Å². The summed E-state index contributed by atoms with van der Waals surface area (Å²) in [6.45, 7) is 8.06. The van der Waals surface area contributed by atoms with Gasteiger partial charge < -0.3 is 31.3 Å². The maximum atomic E-state index is 14.2. The van der Waals surface area contributed by atoms with Crippen molar-refractivity contribution in [2.75, 3.05) is 40.0 Å². The lowest BCUT2D eigenvalue weighted by molar-refractivity contribution is -0.142. The first-order valence-corrected chi connectivity index (χ1v) is 18.4. The number of sulfonamides is 1. The zero-order valence-corrected chi connectivity index (χ0v) is 29.0. The highest BCUT2D eigenvalue weighted by Gasteiger charge is 2.45. The van der Waals surface area contributed by atoms with Gasteiger partial charge in [-0.1, -0.05) is 64.9 Å². The number of urea groups is 1. The third-order valence-corrected chi connectivity index (χ3v) is 10.3. The van der Waals surface area contributed by atoms with E-state index < -0.39 is 58.3 Å². The molecule has 2 unspecified atom stereocenters. The van der Waals surface area contributed by atoms with Gasteiger partial charge in [0.25, 0.3) is 5.91 Å². The summed E-state index contributed by atoms with van der Waals surface area (Å²) in [5.41, 5.74) is 0. The Hall–Kier alpha value is -2.75. The molecular weight excluding hydrogens is 614 g/mol. The predicted octanol–water partition coefficient (Wildman–Crippen LogP) is 0.637. The monoisotopic (exact) mass is 671 g/mol. The molecule has 264 valence electrons. The van der Waals surface area contributed by atoms with Crippen molar-refractivity contribution in [2.24, 2.45) is 11.8 Å². The molecule has 0 aromatic carbocycles. The zero-order chi connectivity index (χ0) is 34.4. The van der Waals surface area contributed by atoms with Crippen LogP contribution in [0.25, 0.3) is 0 Å². The summed E-state index contributed by atoms with van der Waals surface area (Å²) in [5.74, 6) is -1.50. The van der Waals surface area contributed by atoms with E-state index in [1.807, 2.05) is 13.8 Å². The first kappa shape index (κ1) is 39.4. The normalized spacial score (nSPS) is 25.3. The van der Waals surface area contributed by atoms with Crippen LogP contribution in [0.4, 0.5) is 4.79 Å². The largest absolute Gasteiger partial charge is 0.381 e. The minimum Gasteiger partial charge on any atom is -0.381 e. The van der Waals surface area contributed by atoms with Gasteiger partial charge in [-0.15, -0.1) is 6.58 Å². The average Bonchev–Trinajstić information content (AvgIpc) is 3.45. The Kier molecular flexibility index (Phi) is 16.4. The van der Waals surface area contributed by atoms with E-state index in [2.05, 4.69) is 33.2 Å². The third-order valence-electron chi connectivity index (χ3n) is 9.02. The van der Waals surface area contributed by atoms with E-state index in [0.717, 1.165) is 49.1 Å². The lowest BCUT2D eigenvalue weighted by Crippen LogP contribution is -2.60. The topological polar surface area (TPSA) is 189 Å². The summed E-state index contributed by atoms with van der Waals surface area (Å²) >= 11 is 0. The van der Waals surface area contributed by atoms with Gasteiger partial charge in [-0.2, -0.15) is 0 Å². The summed E-state index contributed by atoms with van der Waals surface area (Å²) in [5, 5.41) is 24.8. The number of carbonyl (C=O) groups excluding carboxylic acids is 4. The van der Waals surface area contributed by atoms with E-state index in [0.29, 0.717) is 32.2 Å². The van der Waals surface area contributed by atoms with Crippen molar-refractivity contribution in [1.29, 1.82) is 0 Å². The summed E-state index contributed by atoms with van der Waals surface area (Å²) in [4.78, 5) is 55.5. The Morgan fingerprint density at radius 1 is 1.09 bits per heavy atom. The number of fused-ring (bicyclic) bond motifs is 1. The van der Waals surface area contributed by atoms with Gasteiger partial charge in [0.05, 0.1) is 18.5 Å². The molecule has 0 bridgehead atoms. The van der Waals surface area contributed by atoms with Crippen LogP contribution in [0.2, 0.25) is 0 Å². The molecule has 0 spiro atoms. The maximum Gasteiger partial charge on any atom is 0.316 e. The van der Waals surface area contributed by atoms with Gasteiger partial charge in [0.1, 0.15) is 12.1 Å². The molecule has 6 N–H and O–H groups in total. The molecule has 2 saturated heterocycles. The average molecular weight is 672 g/mol. The second-order valence-electron chi connectivity index (χ2n) is 12.9. The van der Waals surface area contributed by atoms with Crippen LogP contribution in [-0.2, 0) is 24.4 Å². The van der Waals surface area contributed by atoms with Crippen molar-refractivity contribution in [1.82, 2.24) is 35.8 Å². The molecular formula is C31H57N7O7S. The highest BCUT2D eigenvalue weighted by Crippen LogP contribution is 2.32. The molecule has 0 radical (unpaired) electrons. The number of aliphatic hydroxyl groups is 1. The molecule has 6 atom stereocenters. The molecule has 2 fully saturated rings. The van der Waals surface area contributed by atoms with Gasteiger partial charge in [0.15, 0.2) is 6.10 Å². The molecule has 0 aliphatic carbocycles. The number of likely N-dealkylation sites (N-methyl/N-ethyl adjacent to an activating group) is 2. The van der Waals surface area contributed by atoms with E-state index in [-0.39, 0.29) is 30.8 Å². The Morgan fingerprint density at radius 3 is 2.26 bits per heavy atom. The molecule has 0 aromatic heterocycles. The highest BCUT2D eigenvalue weighted by atomic mass is 32.2. The lowest BCUT2D eigenvalue weighted by Gasteiger charge is -2.34. The maximum absolute atomic E-state index is 14.2. The SMILES string of the molecule is C=CCNC(=O)C(O)[C@@H]1CCCCCCCCC[C@H](NC(=O)N[C@H](CN(C)S(C)(=O)=O)NC)C(=O)N2CCC(C(C)C)[C@H]2C(=O)N1. The van der Waals surface area contributed by atoms with E-state index in [1.165, 1.54) is 18.0 Å². The molecule has 2 aliphatic heterocycles. The molecule has 2 heterocycles. The van der Waals surface area contributed by atoms with Crippen LogP contribution in [0.5, 0.6) is 0 Å². The van der Waals surface area contributed by atoms with E-state index in [1.54, 1.807) is 7.05 Å². The second kappa shape index (κ2) is 19.2. The summed E-state index contributed by atoms with van der Waals surface area (Å²) in [6.07, 6.45) is 7.87. The van der Waals surface area contributed by atoms with Gasteiger partial charge in [-0.25, -0.2) is 17.5 Å². The van der Waals surface area contributed by atoms with Crippen LogP contribution < -0.4 is 26.6 Å². The van der Waals surface area contributed by atoms with E-state index >= 15 is 0 Å². The van der Waals surface area contributed by atoms with Gasteiger partial charge >= 0.3 is 6.03 Å². The molecule has 0 saturated carbocycles.